The third-order valence-corrected chi connectivity index (χ3v) is 3.05. The molecule has 0 saturated heterocycles. The van der Waals surface area contributed by atoms with Crippen LogP contribution < -0.4 is 0 Å². The summed E-state index contributed by atoms with van der Waals surface area (Å²) in [5.41, 5.74) is 1.13. The molecular formula is C11H13N3O2S. The van der Waals surface area contributed by atoms with Crippen LogP contribution in [0.3, 0.4) is 0 Å². The van der Waals surface area contributed by atoms with Crippen LogP contribution in [0.2, 0.25) is 0 Å². The number of esters is 1. The fourth-order valence-electron chi connectivity index (χ4n) is 1.48. The Balaban J connectivity index is 2.26. The minimum atomic E-state index is -0.427. The Kier molecular flexibility index (Phi) is 3.53. The van der Waals surface area contributed by atoms with Crippen molar-refractivity contribution in [3.63, 3.8) is 0 Å². The number of ether oxygens (including phenoxy) is 1. The van der Waals surface area contributed by atoms with Gasteiger partial charge in [0.2, 0.25) is 5.82 Å². The number of aryl methyl sites for hydroxylation is 1. The van der Waals surface area contributed by atoms with E-state index in [0.717, 1.165) is 5.56 Å². The standard InChI is InChI=1S/C11H13N3O2S/c1-3-16-11(15)10-13-12-8(2)14(10)6-9-4-5-17-7-9/h4-5,7H,3,6H2,1-2H3. The first kappa shape index (κ1) is 11.8. The molecule has 0 spiro atoms. The van der Waals surface area contributed by atoms with Gasteiger partial charge in [-0.15, -0.1) is 10.2 Å². The summed E-state index contributed by atoms with van der Waals surface area (Å²) >= 11 is 1.62. The van der Waals surface area contributed by atoms with Gasteiger partial charge in [0.1, 0.15) is 5.82 Å². The molecule has 2 rings (SSSR count). The smallest absolute Gasteiger partial charge is 0.376 e. The van der Waals surface area contributed by atoms with Crippen LogP contribution in [0, 0.1) is 6.92 Å². The maximum Gasteiger partial charge on any atom is 0.376 e. The number of thiophene rings is 1. The Morgan fingerprint density at radius 3 is 3.00 bits per heavy atom. The molecule has 0 N–H and O–H groups in total. The van der Waals surface area contributed by atoms with Gasteiger partial charge in [0.05, 0.1) is 13.2 Å². The van der Waals surface area contributed by atoms with Crippen molar-refractivity contribution in [2.45, 2.75) is 20.4 Å². The third-order valence-electron chi connectivity index (χ3n) is 2.31. The molecule has 6 heteroatoms. The van der Waals surface area contributed by atoms with Gasteiger partial charge in [-0.25, -0.2) is 4.79 Å². The number of carbonyl (C=O) groups is 1. The summed E-state index contributed by atoms with van der Waals surface area (Å²) in [6.07, 6.45) is 0. The highest BCUT2D eigenvalue weighted by Crippen LogP contribution is 2.11. The molecule has 0 aliphatic carbocycles. The molecule has 2 aromatic heterocycles. The van der Waals surface area contributed by atoms with Gasteiger partial charge in [0, 0.05) is 0 Å². The molecule has 17 heavy (non-hydrogen) atoms. The van der Waals surface area contributed by atoms with Gasteiger partial charge in [0.25, 0.3) is 0 Å². The second-order valence-corrected chi connectivity index (χ2v) is 4.29. The number of nitrogens with zero attached hydrogens (tertiary/aromatic N) is 3. The summed E-state index contributed by atoms with van der Waals surface area (Å²) in [5, 5.41) is 11.8. The van der Waals surface area contributed by atoms with E-state index in [2.05, 4.69) is 10.2 Å². The molecule has 0 atom stereocenters. The van der Waals surface area contributed by atoms with E-state index in [-0.39, 0.29) is 5.82 Å². The lowest BCUT2D eigenvalue weighted by Crippen LogP contribution is -2.14. The Hall–Kier alpha value is -1.69. The summed E-state index contributed by atoms with van der Waals surface area (Å²) < 4.78 is 6.71. The van der Waals surface area contributed by atoms with E-state index in [1.165, 1.54) is 0 Å². The van der Waals surface area contributed by atoms with Crippen molar-refractivity contribution in [1.29, 1.82) is 0 Å². The Bertz CT molecular complexity index is 505. The van der Waals surface area contributed by atoms with Crippen molar-refractivity contribution in [3.05, 3.63) is 34.0 Å². The molecular weight excluding hydrogens is 238 g/mol. The molecule has 2 aromatic rings. The highest BCUT2D eigenvalue weighted by atomic mass is 32.1. The predicted octanol–water partition coefficient (Wildman–Crippen LogP) is 1.87. The van der Waals surface area contributed by atoms with Gasteiger partial charge in [-0.1, -0.05) is 0 Å². The number of carbonyl (C=O) groups excluding carboxylic acids is 1. The lowest BCUT2D eigenvalue weighted by atomic mass is 10.3. The van der Waals surface area contributed by atoms with E-state index in [1.807, 2.05) is 23.8 Å². The van der Waals surface area contributed by atoms with E-state index in [9.17, 15) is 4.79 Å². The number of rotatable bonds is 4. The second-order valence-electron chi connectivity index (χ2n) is 3.51. The van der Waals surface area contributed by atoms with Crippen molar-refractivity contribution in [1.82, 2.24) is 14.8 Å². The Morgan fingerprint density at radius 2 is 2.35 bits per heavy atom. The van der Waals surface area contributed by atoms with Gasteiger partial charge < -0.3 is 9.30 Å². The van der Waals surface area contributed by atoms with E-state index >= 15 is 0 Å². The van der Waals surface area contributed by atoms with Crippen LogP contribution in [0.1, 0.15) is 28.9 Å². The van der Waals surface area contributed by atoms with Crippen LogP contribution in [-0.4, -0.2) is 27.3 Å². The highest BCUT2D eigenvalue weighted by Gasteiger charge is 2.17. The fourth-order valence-corrected chi connectivity index (χ4v) is 2.14. The third kappa shape index (κ3) is 2.52. The van der Waals surface area contributed by atoms with E-state index in [4.69, 9.17) is 4.74 Å². The van der Waals surface area contributed by atoms with E-state index in [0.29, 0.717) is 19.0 Å². The van der Waals surface area contributed by atoms with Crippen molar-refractivity contribution in [2.24, 2.45) is 0 Å². The molecule has 0 bridgehead atoms. The van der Waals surface area contributed by atoms with Gasteiger partial charge in [-0.3, -0.25) is 0 Å². The second kappa shape index (κ2) is 5.09. The SMILES string of the molecule is CCOC(=O)c1nnc(C)n1Cc1ccsc1. The predicted molar refractivity (Wildman–Crippen MR) is 64.1 cm³/mol. The minimum absolute atomic E-state index is 0.260. The summed E-state index contributed by atoms with van der Waals surface area (Å²) in [4.78, 5) is 11.7. The maximum absolute atomic E-state index is 11.7. The maximum atomic E-state index is 11.7. The molecule has 5 nitrogen and oxygen atoms in total. The van der Waals surface area contributed by atoms with Gasteiger partial charge >= 0.3 is 5.97 Å². The molecule has 0 unspecified atom stereocenters. The summed E-state index contributed by atoms with van der Waals surface area (Å²) in [6.45, 7) is 4.52. The van der Waals surface area contributed by atoms with Crippen molar-refractivity contribution < 1.29 is 9.53 Å². The molecule has 0 radical (unpaired) electrons. The molecule has 0 aliphatic heterocycles. The van der Waals surface area contributed by atoms with Crippen LogP contribution in [0.4, 0.5) is 0 Å². The molecule has 0 aliphatic rings. The molecule has 0 saturated carbocycles. The van der Waals surface area contributed by atoms with Crippen molar-refractivity contribution in [3.8, 4) is 0 Å². The first-order chi connectivity index (χ1) is 8.22. The van der Waals surface area contributed by atoms with Crippen LogP contribution in [-0.2, 0) is 11.3 Å². The molecule has 0 aromatic carbocycles. The summed E-state index contributed by atoms with van der Waals surface area (Å²) in [6, 6.07) is 2.01. The average Bonchev–Trinajstić information content (AvgIpc) is 2.91. The first-order valence-electron chi connectivity index (χ1n) is 5.30. The molecule has 0 amide bonds. The molecule has 2 heterocycles. The Labute approximate surface area is 103 Å². The highest BCUT2D eigenvalue weighted by molar-refractivity contribution is 7.07. The van der Waals surface area contributed by atoms with E-state index in [1.54, 1.807) is 22.8 Å². The van der Waals surface area contributed by atoms with Crippen LogP contribution in [0.25, 0.3) is 0 Å². The fraction of sp³-hybridized carbons (Fsp3) is 0.364. The van der Waals surface area contributed by atoms with Crippen molar-refractivity contribution in [2.75, 3.05) is 6.61 Å². The zero-order chi connectivity index (χ0) is 12.3. The Morgan fingerprint density at radius 1 is 1.53 bits per heavy atom. The lowest BCUT2D eigenvalue weighted by molar-refractivity contribution is 0.0506. The van der Waals surface area contributed by atoms with Gasteiger partial charge in [-0.05, 0) is 36.2 Å². The van der Waals surface area contributed by atoms with Gasteiger partial charge in [0.15, 0.2) is 0 Å². The number of aromatic nitrogens is 3. The van der Waals surface area contributed by atoms with Crippen molar-refractivity contribution >= 4 is 17.3 Å². The van der Waals surface area contributed by atoms with Crippen LogP contribution in [0.5, 0.6) is 0 Å². The zero-order valence-corrected chi connectivity index (χ0v) is 10.5. The minimum Gasteiger partial charge on any atom is -0.460 e. The van der Waals surface area contributed by atoms with Crippen LogP contribution in [0.15, 0.2) is 16.8 Å². The van der Waals surface area contributed by atoms with Crippen LogP contribution >= 0.6 is 11.3 Å². The molecule has 90 valence electrons. The normalized spacial score (nSPS) is 10.5. The topological polar surface area (TPSA) is 57.0 Å². The largest absolute Gasteiger partial charge is 0.460 e. The lowest BCUT2D eigenvalue weighted by Gasteiger charge is -2.06. The number of hydrogen-bond acceptors (Lipinski definition) is 5. The summed E-state index contributed by atoms with van der Waals surface area (Å²) in [5.74, 6) is 0.540. The molecule has 0 fully saturated rings. The van der Waals surface area contributed by atoms with Gasteiger partial charge in [-0.2, -0.15) is 11.3 Å². The van der Waals surface area contributed by atoms with E-state index < -0.39 is 5.97 Å². The number of hydrogen-bond donors (Lipinski definition) is 0. The average molecular weight is 251 g/mol. The zero-order valence-electron chi connectivity index (χ0n) is 9.71. The first-order valence-corrected chi connectivity index (χ1v) is 6.24. The summed E-state index contributed by atoms with van der Waals surface area (Å²) in [7, 11) is 0. The monoisotopic (exact) mass is 251 g/mol. The quantitative estimate of drug-likeness (QED) is 0.778.